The van der Waals surface area contributed by atoms with Gasteiger partial charge in [-0.05, 0) is 36.8 Å². The van der Waals surface area contributed by atoms with Crippen LogP contribution in [0.1, 0.15) is 29.8 Å². The molecule has 0 spiro atoms. The molecule has 2 rings (SSSR count). The predicted octanol–water partition coefficient (Wildman–Crippen LogP) is 0.396. The quantitative estimate of drug-likeness (QED) is 0.702. The molecule has 1 aromatic heterocycles. The molecule has 0 radical (unpaired) electrons. The Bertz CT molecular complexity index is 407. The van der Waals surface area contributed by atoms with E-state index in [2.05, 4.69) is 15.5 Å². The second-order valence-electron chi connectivity index (χ2n) is 4.68. The average Bonchev–Trinajstić information content (AvgIpc) is 2.84. The molecule has 1 aliphatic rings. The number of hydrogen-bond acceptors (Lipinski definition) is 5. The first kappa shape index (κ1) is 12.8. The number of hydrogen-bond donors (Lipinski definition) is 3. The SMILES string of the molecule is NC(=O)c1ccc(NCC2CCCC2CO)nn1. The van der Waals surface area contributed by atoms with Crippen LogP contribution < -0.4 is 11.1 Å². The zero-order chi connectivity index (χ0) is 13.0. The van der Waals surface area contributed by atoms with E-state index in [0.29, 0.717) is 17.7 Å². The molecule has 0 aliphatic heterocycles. The van der Waals surface area contributed by atoms with Crippen LogP contribution in [0.5, 0.6) is 0 Å². The Hall–Kier alpha value is -1.69. The lowest BCUT2D eigenvalue weighted by molar-refractivity contribution is 0.0994. The van der Waals surface area contributed by atoms with Crippen LogP contribution in [-0.4, -0.2) is 34.4 Å². The lowest BCUT2D eigenvalue weighted by Gasteiger charge is -2.17. The van der Waals surface area contributed by atoms with Gasteiger partial charge in [0.05, 0.1) is 0 Å². The van der Waals surface area contributed by atoms with Crippen molar-refractivity contribution in [1.29, 1.82) is 0 Å². The van der Waals surface area contributed by atoms with Crippen LogP contribution in [0.2, 0.25) is 0 Å². The number of nitrogens with one attached hydrogen (secondary N) is 1. The fraction of sp³-hybridized carbons (Fsp3) is 0.583. The van der Waals surface area contributed by atoms with Crippen LogP contribution in [0.25, 0.3) is 0 Å². The van der Waals surface area contributed by atoms with Crippen molar-refractivity contribution in [2.24, 2.45) is 17.6 Å². The largest absolute Gasteiger partial charge is 0.396 e. The van der Waals surface area contributed by atoms with Crippen LogP contribution in [-0.2, 0) is 0 Å². The Kier molecular flexibility index (Phi) is 4.09. The van der Waals surface area contributed by atoms with Gasteiger partial charge < -0.3 is 16.2 Å². The van der Waals surface area contributed by atoms with Gasteiger partial charge in [-0.1, -0.05) is 6.42 Å². The molecule has 0 bridgehead atoms. The van der Waals surface area contributed by atoms with E-state index in [-0.39, 0.29) is 12.3 Å². The van der Waals surface area contributed by atoms with Crippen molar-refractivity contribution in [3.05, 3.63) is 17.8 Å². The second-order valence-corrected chi connectivity index (χ2v) is 4.68. The fourth-order valence-corrected chi connectivity index (χ4v) is 2.42. The first-order valence-corrected chi connectivity index (χ1v) is 6.19. The van der Waals surface area contributed by atoms with Gasteiger partial charge in [0.1, 0.15) is 5.82 Å². The van der Waals surface area contributed by atoms with Crippen molar-refractivity contribution < 1.29 is 9.90 Å². The van der Waals surface area contributed by atoms with Crippen molar-refractivity contribution in [3.8, 4) is 0 Å². The van der Waals surface area contributed by atoms with Gasteiger partial charge >= 0.3 is 0 Å². The highest BCUT2D eigenvalue weighted by Gasteiger charge is 2.26. The van der Waals surface area contributed by atoms with E-state index >= 15 is 0 Å². The number of aliphatic hydroxyl groups is 1. The number of anilines is 1. The lowest BCUT2D eigenvalue weighted by atomic mass is 9.97. The number of nitrogens with two attached hydrogens (primary N) is 1. The highest BCUT2D eigenvalue weighted by molar-refractivity contribution is 5.90. The van der Waals surface area contributed by atoms with Crippen molar-refractivity contribution >= 4 is 11.7 Å². The summed E-state index contributed by atoms with van der Waals surface area (Å²) < 4.78 is 0. The maximum Gasteiger partial charge on any atom is 0.269 e. The molecule has 4 N–H and O–H groups in total. The van der Waals surface area contributed by atoms with E-state index in [0.717, 1.165) is 19.4 Å². The molecule has 2 unspecified atom stereocenters. The maximum atomic E-state index is 10.8. The number of nitrogens with zero attached hydrogens (tertiary/aromatic N) is 2. The monoisotopic (exact) mass is 250 g/mol. The van der Waals surface area contributed by atoms with E-state index in [1.807, 2.05) is 0 Å². The lowest BCUT2D eigenvalue weighted by Crippen LogP contribution is -2.21. The van der Waals surface area contributed by atoms with Gasteiger partial charge in [0, 0.05) is 13.2 Å². The van der Waals surface area contributed by atoms with Crippen LogP contribution in [0, 0.1) is 11.8 Å². The first-order valence-electron chi connectivity index (χ1n) is 6.19. The van der Waals surface area contributed by atoms with Gasteiger partial charge in [-0.15, -0.1) is 10.2 Å². The van der Waals surface area contributed by atoms with E-state index in [9.17, 15) is 9.90 Å². The topological polar surface area (TPSA) is 101 Å². The summed E-state index contributed by atoms with van der Waals surface area (Å²) in [5, 5.41) is 20.0. The summed E-state index contributed by atoms with van der Waals surface area (Å²) in [6, 6.07) is 3.24. The van der Waals surface area contributed by atoms with Crippen molar-refractivity contribution in [1.82, 2.24) is 10.2 Å². The molecular formula is C12H18N4O2. The maximum absolute atomic E-state index is 10.8. The van der Waals surface area contributed by atoms with E-state index in [1.54, 1.807) is 12.1 Å². The number of aromatic nitrogens is 2. The van der Waals surface area contributed by atoms with Crippen molar-refractivity contribution in [3.63, 3.8) is 0 Å². The van der Waals surface area contributed by atoms with Gasteiger partial charge in [0.2, 0.25) is 0 Å². The van der Waals surface area contributed by atoms with E-state index in [4.69, 9.17) is 5.73 Å². The summed E-state index contributed by atoms with van der Waals surface area (Å²) in [6.07, 6.45) is 3.39. The zero-order valence-electron chi connectivity index (χ0n) is 10.2. The molecule has 0 saturated heterocycles. The molecule has 6 nitrogen and oxygen atoms in total. The van der Waals surface area contributed by atoms with E-state index in [1.165, 1.54) is 6.42 Å². The Balaban J connectivity index is 1.88. The van der Waals surface area contributed by atoms with Crippen LogP contribution >= 0.6 is 0 Å². The number of carbonyl (C=O) groups is 1. The summed E-state index contributed by atoms with van der Waals surface area (Å²) in [5.41, 5.74) is 5.25. The molecule has 18 heavy (non-hydrogen) atoms. The molecular weight excluding hydrogens is 232 g/mol. The fourth-order valence-electron chi connectivity index (χ4n) is 2.42. The Morgan fingerprint density at radius 2 is 2.17 bits per heavy atom. The summed E-state index contributed by atoms with van der Waals surface area (Å²) in [7, 11) is 0. The third-order valence-electron chi connectivity index (χ3n) is 3.51. The summed E-state index contributed by atoms with van der Waals surface area (Å²) in [6.45, 7) is 1.02. The normalized spacial score (nSPS) is 22.9. The third kappa shape index (κ3) is 2.95. The highest BCUT2D eigenvalue weighted by Crippen LogP contribution is 2.31. The predicted molar refractivity (Wildman–Crippen MR) is 67.0 cm³/mol. The number of rotatable bonds is 5. The number of carbonyl (C=O) groups excluding carboxylic acids is 1. The van der Waals surface area contributed by atoms with Crippen LogP contribution in [0.15, 0.2) is 12.1 Å². The molecule has 2 atom stereocenters. The van der Waals surface area contributed by atoms with Gasteiger partial charge in [-0.2, -0.15) is 0 Å². The molecule has 98 valence electrons. The minimum Gasteiger partial charge on any atom is -0.396 e. The highest BCUT2D eigenvalue weighted by atomic mass is 16.3. The molecule has 1 saturated carbocycles. The molecule has 1 heterocycles. The van der Waals surface area contributed by atoms with Gasteiger partial charge in [-0.3, -0.25) is 4.79 Å². The molecule has 1 fully saturated rings. The Morgan fingerprint density at radius 1 is 1.39 bits per heavy atom. The molecule has 1 amide bonds. The van der Waals surface area contributed by atoms with Crippen molar-refractivity contribution in [2.45, 2.75) is 19.3 Å². The summed E-state index contributed by atoms with van der Waals surface area (Å²) in [4.78, 5) is 10.8. The first-order chi connectivity index (χ1) is 8.70. The Morgan fingerprint density at radius 3 is 2.78 bits per heavy atom. The number of amides is 1. The van der Waals surface area contributed by atoms with Crippen LogP contribution in [0.4, 0.5) is 5.82 Å². The second kappa shape index (κ2) is 5.77. The molecule has 1 aliphatic carbocycles. The zero-order valence-corrected chi connectivity index (χ0v) is 10.2. The Labute approximate surface area is 106 Å². The standard InChI is InChI=1S/C12H18N4O2/c13-12(18)10-4-5-11(16-15-10)14-6-8-2-1-3-9(8)7-17/h4-5,8-9,17H,1-3,6-7H2,(H2,13,18)(H,14,16). The summed E-state index contributed by atoms with van der Waals surface area (Å²) in [5.74, 6) is 0.914. The smallest absolute Gasteiger partial charge is 0.269 e. The minimum absolute atomic E-state index is 0.162. The number of primary amides is 1. The number of aliphatic hydroxyl groups excluding tert-OH is 1. The van der Waals surface area contributed by atoms with Gasteiger partial charge in [-0.25, -0.2) is 0 Å². The molecule has 6 heteroatoms. The van der Waals surface area contributed by atoms with E-state index < -0.39 is 5.91 Å². The molecule has 1 aromatic rings. The van der Waals surface area contributed by atoms with Crippen LogP contribution in [0.3, 0.4) is 0 Å². The average molecular weight is 250 g/mol. The van der Waals surface area contributed by atoms with Gasteiger partial charge in [0.15, 0.2) is 5.69 Å². The molecule has 0 aromatic carbocycles. The third-order valence-corrected chi connectivity index (χ3v) is 3.51. The minimum atomic E-state index is -0.579. The summed E-state index contributed by atoms with van der Waals surface area (Å²) >= 11 is 0. The van der Waals surface area contributed by atoms with Gasteiger partial charge in [0.25, 0.3) is 5.91 Å². The van der Waals surface area contributed by atoms with Crippen molar-refractivity contribution in [2.75, 3.05) is 18.5 Å².